The summed E-state index contributed by atoms with van der Waals surface area (Å²) in [7, 11) is 0. The number of oxazole rings is 1. The quantitative estimate of drug-likeness (QED) is 0.761. The highest BCUT2D eigenvalue weighted by Gasteiger charge is 2.33. The topological polar surface area (TPSA) is 81.4 Å². The number of amides is 1. The smallest absolute Gasteiger partial charge is 0.408 e. The number of nitrogens with one attached hydrogen (secondary N) is 1. The molecule has 1 aromatic carbocycles. The van der Waals surface area contributed by atoms with Crippen molar-refractivity contribution in [3.8, 4) is 0 Å². The molecule has 1 atom stereocenters. The molecule has 1 N–H and O–H groups in total. The van der Waals surface area contributed by atoms with Crippen molar-refractivity contribution in [1.82, 2.24) is 10.3 Å². The molecule has 1 amide bonds. The van der Waals surface area contributed by atoms with Crippen molar-refractivity contribution in [3.05, 3.63) is 29.7 Å². The Morgan fingerprint density at radius 1 is 1.30 bits per heavy atom. The third kappa shape index (κ3) is 4.87. The van der Waals surface area contributed by atoms with E-state index in [1.54, 1.807) is 18.2 Å². The van der Waals surface area contributed by atoms with E-state index < -0.39 is 11.7 Å². The molecule has 6 heteroatoms. The Balaban J connectivity index is 1.88. The number of carbonyl (C=O) groups is 2. The normalized spacial score (nSPS) is 21.6. The lowest BCUT2D eigenvalue weighted by Gasteiger charge is -2.32. The monoisotopic (exact) mass is 372 g/mol. The molecule has 0 unspecified atom stereocenters. The first-order valence-electron chi connectivity index (χ1n) is 9.60. The Bertz CT molecular complexity index is 813. The fourth-order valence-corrected chi connectivity index (χ4v) is 3.60. The van der Waals surface area contributed by atoms with E-state index in [1.807, 2.05) is 20.8 Å². The standard InChI is InChI=1S/C21H28N2O4/c1-13-5-8-15(9-6-13)18(23-20(25)27-21(2,3)4)19-22-16-11-14(12-24)7-10-17(16)26-19/h7,10-13,15,18H,5-6,8-9H2,1-4H3,(H,23,25)/t13?,15?,18-/m0/s1. The van der Waals surface area contributed by atoms with Crippen molar-refractivity contribution in [2.45, 2.75) is 65.0 Å². The van der Waals surface area contributed by atoms with Gasteiger partial charge in [-0.1, -0.05) is 19.8 Å². The van der Waals surface area contributed by atoms with Gasteiger partial charge in [0, 0.05) is 5.56 Å². The van der Waals surface area contributed by atoms with Crippen LogP contribution in [0.1, 0.15) is 75.7 Å². The highest BCUT2D eigenvalue weighted by Crippen LogP contribution is 2.37. The minimum absolute atomic E-state index is 0.243. The van der Waals surface area contributed by atoms with Gasteiger partial charge in [-0.25, -0.2) is 9.78 Å². The summed E-state index contributed by atoms with van der Waals surface area (Å²) in [5.41, 5.74) is 1.20. The Morgan fingerprint density at radius 2 is 2.00 bits per heavy atom. The second kappa shape index (κ2) is 7.71. The molecule has 1 aliphatic rings. The first-order valence-corrected chi connectivity index (χ1v) is 9.60. The van der Waals surface area contributed by atoms with Crippen LogP contribution in [0.3, 0.4) is 0 Å². The SMILES string of the molecule is CC1CCC([C@H](NC(=O)OC(C)(C)C)c2nc3cc(C=O)ccc3o2)CC1. The molecule has 1 fully saturated rings. The minimum atomic E-state index is -0.574. The maximum Gasteiger partial charge on any atom is 0.408 e. The Hall–Kier alpha value is -2.37. The number of carbonyl (C=O) groups excluding carboxylic acids is 2. The Labute approximate surface area is 159 Å². The van der Waals surface area contributed by atoms with E-state index >= 15 is 0 Å². The van der Waals surface area contributed by atoms with E-state index in [0.717, 1.165) is 32.0 Å². The number of ether oxygens (including phenoxy) is 1. The first kappa shape index (κ1) is 19.4. The predicted molar refractivity (Wildman–Crippen MR) is 103 cm³/mol. The lowest BCUT2D eigenvalue weighted by molar-refractivity contribution is 0.0459. The van der Waals surface area contributed by atoms with Gasteiger partial charge < -0.3 is 14.5 Å². The van der Waals surface area contributed by atoms with Crippen LogP contribution in [0.25, 0.3) is 11.1 Å². The van der Waals surface area contributed by atoms with E-state index in [-0.39, 0.29) is 12.0 Å². The van der Waals surface area contributed by atoms with Crippen molar-refractivity contribution in [1.29, 1.82) is 0 Å². The number of fused-ring (bicyclic) bond motifs is 1. The molecule has 1 aromatic heterocycles. The average molecular weight is 372 g/mol. The van der Waals surface area contributed by atoms with Crippen LogP contribution in [-0.4, -0.2) is 23.0 Å². The van der Waals surface area contributed by atoms with Crippen LogP contribution in [0.5, 0.6) is 0 Å². The fraction of sp³-hybridized carbons (Fsp3) is 0.571. The molecule has 146 valence electrons. The van der Waals surface area contributed by atoms with E-state index in [2.05, 4.69) is 17.2 Å². The molecule has 0 radical (unpaired) electrons. The van der Waals surface area contributed by atoms with Gasteiger partial charge in [0.2, 0.25) is 5.89 Å². The molecule has 2 aromatic rings. The number of rotatable bonds is 4. The van der Waals surface area contributed by atoms with Gasteiger partial charge in [0.25, 0.3) is 0 Å². The highest BCUT2D eigenvalue weighted by atomic mass is 16.6. The van der Waals surface area contributed by atoms with Crippen molar-refractivity contribution >= 4 is 23.5 Å². The Kier molecular flexibility index (Phi) is 5.53. The van der Waals surface area contributed by atoms with E-state index in [4.69, 9.17) is 9.15 Å². The number of nitrogens with zero attached hydrogens (tertiary/aromatic N) is 1. The summed E-state index contributed by atoms with van der Waals surface area (Å²) >= 11 is 0. The Morgan fingerprint density at radius 3 is 2.63 bits per heavy atom. The van der Waals surface area contributed by atoms with Crippen molar-refractivity contribution in [2.24, 2.45) is 11.8 Å². The van der Waals surface area contributed by atoms with Crippen LogP contribution < -0.4 is 5.32 Å². The summed E-state index contributed by atoms with van der Waals surface area (Å²) in [5.74, 6) is 1.41. The largest absolute Gasteiger partial charge is 0.444 e. The van der Waals surface area contributed by atoms with Gasteiger partial charge in [-0.05, 0) is 63.6 Å². The molecule has 3 rings (SSSR count). The summed E-state index contributed by atoms with van der Waals surface area (Å²) in [5, 5.41) is 2.98. The maximum absolute atomic E-state index is 12.4. The number of alkyl carbamates (subject to hydrolysis) is 1. The number of hydrogen-bond acceptors (Lipinski definition) is 5. The number of aromatic nitrogens is 1. The molecule has 27 heavy (non-hydrogen) atoms. The van der Waals surface area contributed by atoms with E-state index in [9.17, 15) is 9.59 Å². The first-order chi connectivity index (χ1) is 12.7. The van der Waals surface area contributed by atoms with E-state index in [0.29, 0.717) is 28.5 Å². The van der Waals surface area contributed by atoms with Crippen LogP contribution in [0.2, 0.25) is 0 Å². The number of aldehydes is 1. The molecule has 6 nitrogen and oxygen atoms in total. The molecular weight excluding hydrogens is 344 g/mol. The fourth-order valence-electron chi connectivity index (χ4n) is 3.60. The third-order valence-electron chi connectivity index (χ3n) is 5.03. The van der Waals surface area contributed by atoms with Crippen LogP contribution in [0.15, 0.2) is 22.6 Å². The zero-order chi connectivity index (χ0) is 19.6. The molecule has 0 aliphatic heterocycles. The average Bonchev–Trinajstić information content (AvgIpc) is 3.01. The highest BCUT2D eigenvalue weighted by molar-refractivity contribution is 5.83. The lowest BCUT2D eigenvalue weighted by atomic mass is 9.79. The minimum Gasteiger partial charge on any atom is -0.444 e. The summed E-state index contributed by atoms with van der Waals surface area (Å²) in [6.07, 6.45) is 4.55. The van der Waals surface area contributed by atoms with Gasteiger partial charge in [-0.2, -0.15) is 0 Å². The zero-order valence-corrected chi connectivity index (χ0v) is 16.5. The van der Waals surface area contributed by atoms with Crippen molar-refractivity contribution in [3.63, 3.8) is 0 Å². The molecule has 1 saturated carbocycles. The van der Waals surface area contributed by atoms with Crippen molar-refractivity contribution in [2.75, 3.05) is 0 Å². The third-order valence-corrected chi connectivity index (χ3v) is 5.03. The van der Waals surface area contributed by atoms with Crippen LogP contribution >= 0.6 is 0 Å². The van der Waals surface area contributed by atoms with Gasteiger partial charge in [0.15, 0.2) is 5.58 Å². The molecule has 0 spiro atoms. The van der Waals surface area contributed by atoms with Gasteiger partial charge >= 0.3 is 6.09 Å². The summed E-state index contributed by atoms with van der Waals surface area (Å²) in [6, 6.07) is 4.79. The van der Waals surface area contributed by atoms with Crippen LogP contribution in [0, 0.1) is 11.8 Å². The molecule has 0 saturated heterocycles. The lowest BCUT2D eigenvalue weighted by Crippen LogP contribution is -2.38. The molecular formula is C21H28N2O4. The van der Waals surface area contributed by atoms with Crippen LogP contribution in [0.4, 0.5) is 4.79 Å². The number of hydrogen-bond donors (Lipinski definition) is 1. The molecule has 1 heterocycles. The van der Waals surface area contributed by atoms with Gasteiger partial charge in [0.1, 0.15) is 23.4 Å². The van der Waals surface area contributed by atoms with Crippen LogP contribution in [-0.2, 0) is 4.74 Å². The predicted octanol–water partition coefficient (Wildman–Crippen LogP) is 5.03. The van der Waals surface area contributed by atoms with Crippen molar-refractivity contribution < 1.29 is 18.7 Å². The second-order valence-corrected chi connectivity index (χ2v) is 8.54. The van der Waals surface area contributed by atoms with Gasteiger partial charge in [0.05, 0.1) is 0 Å². The zero-order valence-electron chi connectivity index (χ0n) is 16.5. The summed E-state index contributed by atoms with van der Waals surface area (Å²) in [6.45, 7) is 7.77. The summed E-state index contributed by atoms with van der Waals surface area (Å²) < 4.78 is 11.4. The molecule has 0 bridgehead atoms. The van der Waals surface area contributed by atoms with Gasteiger partial charge in [-0.3, -0.25) is 4.79 Å². The number of benzene rings is 1. The summed E-state index contributed by atoms with van der Waals surface area (Å²) in [4.78, 5) is 28.0. The maximum atomic E-state index is 12.4. The second-order valence-electron chi connectivity index (χ2n) is 8.54. The molecule has 1 aliphatic carbocycles. The van der Waals surface area contributed by atoms with E-state index in [1.165, 1.54) is 0 Å². The van der Waals surface area contributed by atoms with Gasteiger partial charge in [-0.15, -0.1) is 0 Å².